The van der Waals surface area contributed by atoms with Crippen LogP contribution in [0.25, 0.3) is 0 Å². The van der Waals surface area contributed by atoms with Crippen LogP contribution in [0.2, 0.25) is 0 Å². The van der Waals surface area contributed by atoms with Crippen molar-refractivity contribution >= 4 is 17.5 Å². The smallest absolute Gasteiger partial charge is 0.220 e. The number of nitrogens with zero attached hydrogens (tertiary/aromatic N) is 1. The van der Waals surface area contributed by atoms with Gasteiger partial charge in [-0.25, -0.2) is 0 Å². The van der Waals surface area contributed by atoms with Gasteiger partial charge < -0.3 is 5.32 Å². The van der Waals surface area contributed by atoms with Crippen LogP contribution in [-0.2, 0) is 4.79 Å². The predicted molar refractivity (Wildman–Crippen MR) is 151 cm³/mol. The summed E-state index contributed by atoms with van der Waals surface area (Å²) in [4.78, 5) is 15.2. The van der Waals surface area contributed by atoms with Crippen molar-refractivity contribution in [2.75, 3.05) is 25.5 Å². The van der Waals surface area contributed by atoms with Gasteiger partial charge in [-0.2, -0.15) is 0 Å². The average molecular weight is 499 g/mol. The van der Waals surface area contributed by atoms with E-state index in [1.807, 2.05) is 0 Å². The highest BCUT2D eigenvalue weighted by Gasteiger charge is 2.23. The number of carbonyl (C=O) groups excluding carboxylic acids is 1. The van der Waals surface area contributed by atoms with E-state index in [-0.39, 0.29) is 0 Å². The van der Waals surface area contributed by atoms with Crippen molar-refractivity contribution in [3.8, 4) is 0 Å². The lowest BCUT2D eigenvalue weighted by molar-refractivity contribution is -0.122. The number of alkyl halides is 1. The number of rotatable bonds is 25. The number of hydrogen-bond acceptors (Lipinski definition) is 2. The number of amides is 1. The van der Waals surface area contributed by atoms with Gasteiger partial charge in [-0.15, -0.1) is 11.6 Å². The second kappa shape index (κ2) is 23.1. The fourth-order valence-electron chi connectivity index (χ4n) is 5.29. The van der Waals surface area contributed by atoms with Crippen LogP contribution in [0.4, 0.5) is 0 Å². The summed E-state index contributed by atoms with van der Waals surface area (Å²) in [6.45, 7) is 7.60. The molecule has 1 amide bonds. The summed E-state index contributed by atoms with van der Waals surface area (Å²) >= 11 is 5.99. The Labute approximate surface area is 218 Å². The molecule has 0 aromatic rings. The molecule has 34 heavy (non-hydrogen) atoms. The molecule has 0 radical (unpaired) electrons. The van der Waals surface area contributed by atoms with Gasteiger partial charge >= 0.3 is 0 Å². The van der Waals surface area contributed by atoms with Gasteiger partial charge in [0.1, 0.15) is 0 Å². The number of nitrogens with one attached hydrogen (secondary N) is 1. The Bertz CT molecular complexity index is 439. The molecule has 3 nitrogen and oxygen atoms in total. The summed E-state index contributed by atoms with van der Waals surface area (Å²) in [6, 6.07) is 0.786. The molecule has 0 aromatic heterocycles. The molecule has 1 aliphatic carbocycles. The van der Waals surface area contributed by atoms with Crippen LogP contribution < -0.4 is 5.32 Å². The van der Waals surface area contributed by atoms with Crippen molar-refractivity contribution in [2.24, 2.45) is 5.92 Å². The van der Waals surface area contributed by atoms with Crippen LogP contribution in [0.5, 0.6) is 0 Å². The molecular weight excluding hydrogens is 440 g/mol. The third kappa shape index (κ3) is 17.2. The molecule has 1 N–H and O–H groups in total. The van der Waals surface area contributed by atoms with Crippen molar-refractivity contribution in [2.45, 2.75) is 155 Å². The van der Waals surface area contributed by atoms with Gasteiger partial charge in [-0.3, -0.25) is 9.69 Å². The molecule has 0 aromatic carbocycles. The van der Waals surface area contributed by atoms with Gasteiger partial charge in [-0.05, 0) is 51.0 Å². The first-order valence-electron chi connectivity index (χ1n) is 15.3. The summed E-state index contributed by atoms with van der Waals surface area (Å²) < 4.78 is 0. The lowest BCUT2D eigenvalue weighted by Crippen LogP contribution is -2.41. The highest BCUT2D eigenvalue weighted by molar-refractivity contribution is 6.18. The molecule has 4 heteroatoms. The number of hydrogen-bond donors (Lipinski definition) is 1. The normalized spacial score (nSPS) is 14.1. The topological polar surface area (TPSA) is 32.3 Å². The maximum atomic E-state index is 12.6. The van der Waals surface area contributed by atoms with E-state index in [1.165, 1.54) is 129 Å². The second-order valence-corrected chi connectivity index (χ2v) is 11.3. The van der Waals surface area contributed by atoms with Crippen molar-refractivity contribution in [3.63, 3.8) is 0 Å². The van der Waals surface area contributed by atoms with E-state index < -0.39 is 0 Å². The molecule has 0 unspecified atom stereocenters. The second-order valence-electron chi connectivity index (χ2n) is 10.9. The van der Waals surface area contributed by atoms with Crippen LogP contribution in [0, 0.1) is 5.92 Å². The Kier molecular flexibility index (Phi) is 21.6. The molecule has 0 bridgehead atoms. The van der Waals surface area contributed by atoms with E-state index in [2.05, 4.69) is 24.1 Å². The molecule has 1 saturated carbocycles. The highest BCUT2D eigenvalue weighted by atomic mass is 35.5. The Hall–Kier alpha value is -0.280. The molecule has 0 atom stereocenters. The number of halogens is 1. The van der Waals surface area contributed by atoms with Gasteiger partial charge in [0.2, 0.25) is 5.91 Å². The molecule has 0 spiro atoms. The third-order valence-corrected chi connectivity index (χ3v) is 7.98. The Morgan fingerprint density at radius 1 is 0.794 bits per heavy atom. The zero-order valence-electron chi connectivity index (χ0n) is 23.1. The van der Waals surface area contributed by atoms with E-state index in [0.29, 0.717) is 11.8 Å². The SMILES string of the molecule is CCCCCCCCC(CCCCCCCC)CC(=O)NCCCCCN(CCCl)C1CCC1. The van der Waals surface area contributed by atoms with Crippen molar-refractivity contribution < 1.29 is 4.79 Å². The zero-order valence-corrected chi connectivity index (χ0v) is 23.8. The van der Waals surface area contributed by atoms with E-state index in [1.54, 1.807) is 0 Å². The molecular formula is C30H59ClN2O. The number of unbranched alkanes of at least 4 members (excludes halogenated alkanes) is 12. The molecule has 1 aliphatic rings. The van der Waals surface area contributed by atoms with Crippen LogP contribution in [-0.4, -0.2) is 42.4 Å². The summed E-state index contributed by atoms with van der Waals surface area (Å²) in [6.07, 6.45) is 27.0. The van der Waals surface area contributed by atoms with Crippen molar-refractivity contribution in [3.05, 3.63) is 0 Å². The fourth-order valence-corrected chi connectivity index (χ4v) is 5.51. The van der Waals surface area contributed by atoms with Crippen LogP contribution in [0.1, 0.15) is 149 Å². The van der Waals surface area contributed by atoms with E-state index in [9.17, 15) is 4.79 Å². The van der Waals surface area contributed by atoms with Gasteiger partial charge in [0.15, 0.2) is 0 Å². The van der Waals surface area contributed by atoms with Crippen LogP contribution >= 0.6 is 11.6 Å². The monoisotopic (exact) mass is 498 g/mol. The lowest BCUT2D eigenvalue weighted by atomic mass is 9.91. The van der Waals surface area contributed by atoms with E-state index >= 15 is 0 Å². The fraction of sp³-hybridized carbons (Fsp3) is 0.967. The minimum absolute atomic E-state index is 0.292. The summed E-state index contributed by atoms with van der Waals surface area (Å²) in [5, 5.41) is 3.23. The predicted octanol–water partition coefficient (Wildman–Crippen LogP) is 8.87. The van der Waals surface area contributed by atoms with Gasteiger partial charge in [0.05, 0.1) is 0 Å². The first-order chi connectivity index (χ1) is 16.7. The largest absolute Gasteiger partial charge is 0.356 e. The molecule has 202 valence electrons. The Morgan fingerprint density at radius 2 is 1.35 bits per heavy atom. The first-order valence-corrected chi connectivity index (χ1v) is 15.8. The highest BCUT2D eigenvalue weighted by Crippen LogP contribution is 2.25. The van der Waals surface area contributed by atoms with Gasteiger partial charge in [0.25, 0.3) is 0 Å². The minimum atomic E-state index is 0.292. The number of carbonyl (C=O) groups is 1. The third-order valence-electron chi connectivity index (χ3n) is 7.81. The molecule has 1 fully saturated rings. The van der Waals surface area contributed by atoms with Crippen molar-refractivity contribution in [1.29, 1.82) is 0 Å². The maximum Gasteiger partial charge on any atom is 0.220 e. The summed E-state index contributed by atoms with van der Waals surface area (Å²) in [7, 11) is 0. The first kappa shape index (κ1) is 31.7. The molecule has 0 heterocycles. The standard InChI is InChI=1S/C30H59ClN2O/c1-3-5-7-9-11-14-19-28(20-15-12-10-8-6-4-2)27-30(34)32-24-16-13-17-25-33(26-23-31)29-21-18-22-29/h28-29H,3-27H2,1-2H3,(H,32,34). The molecule has 0 saturated heterocycles. The van der Waals surface area contributed by atoms with Crippen LogP contribution in [0.15, 0.2) is 0 Å². The molecule has 0 aliphatic heterocycles. The van der Waals surface area contributed by atoms with E-state index in [0.717, 1.165) is 37.9 Å². The summed E-state index contributed by atoms with van der Waals surface area (Å²) in [5.41, 5.74) is 0. The summed E-state index contributed by atoms with van der Waals surface area (Å²) in [5.74, 6) is 1.62. The van der Waals surface area contributed by atoms with Gasteiger partial charge in [0, 0.05) is 31.4 Å². The average Bonchev–Trinajstić information content (AvgIpc) is 2.79. The Balaban J connectivity index is 2.18. The van der Waals surface area contributed by atoms with Gasteiger partial charge in [-0.1, -0.05) is 104 Å². The minimum Gasteiger partial charge on any atom is -0.356 e. The quantitative estimate of drug-likeness (QED) is 0.101. The Morgan fingerprint density at radius 3 is 1.88 bits per heavy atom. The maximum absolute atomic E-state index is 12.6. The van der Waals surface area contributed by atoms with Crippen molar-refractivity contribution in [1.82, 2.24) is 10.2 Å². The lowest BCUT2D eigenvalue weighted by Gasteiger charge is -2.37. The zero-order chi connectivity index (χ0) is 24.7. The van der Waals surface area contributed by atoms with E-state index in [4.69, 9.17) is 11.6 Å². The molecule has 1 rings (SSSR count). The van der Waals surface area contributed by atoms with Crippen LogP contribution in [0.3, 0.4) is 0 Å².